The fraction of sp³-hybridized carbons (Fsp3) is 0.190. The van der Waals surface area contributed by atoms with Gasteiger partial charge in [-0.2, -0.15) is 5.26 Å². The summed E-state index contributed by atoms with van der Waals surface area (Å²) in [4.78, 5) is 19.0. The number of aromatic nitrogens is 2. The largest absolute Gasteiger partial charge is 0.482 e. The van der Waals surface area contributed by atoms with E-state index < -0.39 is 5.97 Å². The number of ether oxygens (including phenoxy) is 2. The average Bonchev–Trinajstić information content (AvgIpc) is 3.08. The van der Waals surface area contributed by atoms with Crippen LogP contribution in [0.15, 0.2) is 42.5 Å². The number of fused-ring (bicyclic) bond motifs is 1. The molecule has 1 N–H and O–H groups in total. The zero-order valence-electron chi connectivity index (χ0n) is 15.2. The van der Waals surface area contributed by atoms with Crippen LogP contribution in [0.25, 0.3) is 22.7 Å². The van der Waals surface area contributed by atoms with Crippen LogP contribution in [0.3, 0.4) is 0 Å². The molecule has 3 rings (SSSR count). The van der Waals surface area contributed by atoms with Crippen LogP contribution < -0.4 is 4.74 Å². The number of hydrogen-bond donors (Lipinski definition) is 1. The van der Waals surface area contributed by atoms with E-state index in [1.807, 2.05) is 37.3 Å². The summed E-state index contributed by atoms with van der Waals surface area (Å²) in [6, 6.07) is 15.2. The number of nitrogens with one attached hydrogen (secondary N) is 1. The predicted octanol–water partition coefficient (Wildman–Crippen LogP) is 3.88. The van der Waals surface area contributed by atoms with E-state index in [0.29, 0.717) is 23.8 Å². The van der Waals surface area contributed by atoms with E-state index in [-0.39, 0.29) is 6.61 Å². The number of nitriles is 1. The van der Waals surface area contributed by atoms with Crippen molar-refractivity contribution >= 4 is 28.7 Å². The van der Waals surface area contributed by atoms with Crippen LogP contribution >= 0.6 is 0 Å². The number of carbonyl (C=O) groups is 1. The molecule has 0 aliphatic carbocycles. The summed E-state index contributed by atoms with van der Waals surface area (Å²) in [5, 5.41) is 9.52. The molecule has 0 saturated heterocycles. The summed E-state index contributed by atoms with van der Waals surface area (Å²) >= 11 is 0. The normalized spacial score (nSPS) is 11.2. The zero-order chi connectivity index (χ0) is 19.2. The van der Waals surface area contributed by atoms with Gasteiger partial charge < -0.3 is 14.5 Å². The monoisotopic (exact) mass is 361 g/mol. The number of rotatable bonds is 6. The molecule has 3 aromatic rings. The molecule has 0 bridgehead atoms. The molecule has 1 heterocycles. The second-order valence-electron chi connectivity index (χ2n) is 5.94. The van der Waals surface area contributed by atoms with Gasteiger partial charge in [0, 0.05) is 0 Å². The SMILES string of the molecule is CCOC(=O)COc1ccc(/C=C(/C#N)c2nc3ccc(C)cc3[nH]2)cc1. The quantitative estimate of drug-likeness (QED) is 0.532. The van der Waals surface area contributed by atoms with Crippen molar-refractivity contribution in [1.82, 2.24) is 9.97 Å². The first-order valence-electron chi connectivity index (χ1n) is 8.56. The third-order valence-corrected chi connectivity index (χ3v) is 3.87. The maximum atomic E-state index is 11.3. The number of H-pyrrole nitrogens is 1. The van der Waals surface area contributed by atoms with Gasteiger partial charge in [-0.1, -0.05) is 18.2 Å². The number of aryl methyl sites for hydroxylation is 1. The van der Waals surface area contributed by atoms with Gasteiger partial charge in [-0.3, -0.25) is 0 Å². The van der Waals surface area contributed by atoms with Gasteiger partial charge >= 0.3 is 5.97 Å². The third kappa shape index (κ3) is 4.53. The topological polar surface area (TPSA) is 88.0 Å². The van der Waals surface area contributed by atoms with Gasteiger partial charge in [0.2, 0.25) is 0 Å². The van der Waals surface area contributed by atoms with E-state index in [1.54, 1.807) is 25.1 Å². The van der Waals surface area contributed by atoms with Crippen LogP contribution in [0.2, 0.25) is 0 Å². The Kier molecular flexibility index (Phi) is 5.53. The highest BCUT2D eigenvalue weighted by Crippen LogP contribution is 2.21. The number of benzene rings is 2. The van der Waals surface area contributed by atoms with Crippen molar-refractivity contribution in [3.63, 3.8) is 0 Å². The first-order chi connectivity index (χ1) is 13.1. The van der Waals surface area contributed by atoms with E-state index in [4.69, 9.17) is 9.47 Å². The molecule has 6 nitrogen and oxygen atoms in total. The Bertz CT molecular complexity index is 1030. The molecule has 0 aliphatic rings. The lowest BCUT2D eigenvalue weighted by Crippen LogP contribution is -2.14. The minimum Gasteiger partial charge on any atom is -0.482 e. The molecule has 0 aliphatic heterocycles. The van der Waals surface area contributed by atoms with Gasteiger partial charge in [0.15, 0.2) is 6.61 Å². The zero-order valence-corrected chi connectivity index (χ0v) is 15.2. The number of allylic oxidation sites excluding steroid dienone is 1. The van der Waals surface area contributed by atoms with Crippen molar-refractivity contribution in [3.05, 3.63) is 59.4 Å². The van der Waals surface area contributed by atoms with Crippen LogP contribution in [-0.2, 0) is 9.53 Å². The Morgan fingerprint density at radius 1 is 1.26 bits per heavy atom. The highest BCUT2D eigenvalue weighted by molar-refractivity contribution is 5.90. The molecule has 0 unspecified atom stereocenters. The van der Waals surface area contributed by atoms with Crippen molar-refractivity contribution in [2.24, 2.45) is 0 Å². The van der Waals surface area contributed by atoms with Gasteiger partial charge in [0.1, 0.15) is 17.6 Å². The second kappa shape index (κ2) is 8.19. The third-order valence-electron chi connectivity index (χ3n) is 3.87. The standard InChI is InChI=1S/C21H19N3O3/c1-3-26-20(25)13-27-17-7-5-15(6-8-17)11-16(12-22)21-23-18-9-4-14(2)10-19(18)24-21/h4-11H,3,13H2,1-2H3,(H,23,24)/b16-11-. The molecular formula is C21H19N3O3. The number of esters is 1. The molecule has 2 aromatic carbocycles. The maximum absolute atomic E-state index is 11.3. The fourth-order valence-corrected chi connectivity index (χ4v) is 2.58. The van der Waals surface area contributed by atoms with Crippen molar-refractivity contribution < 1.29 is 14.3 Å². The molecule has 0 fully saturated rings. The van der Waals surface area contributed by atoms with Crippen LogP contribution in [0.5, 0.6) is 5.75 Å². The Balaban J connectivity index is 1.77. The number of nitrogens with zero attached hydrogens (tertiary/aromatic N) is 2. The van der Waals surface area contributed by atoms with Crippen molar-refractivity contribution in [3.8, 4) is 11.8 Å². The van der Waals surface area contributed by atoms with E-state index in [0.717, 1.165) is 22.2 Å². The van der Waals surface area contributed by atoms with Gasteiger partial charge in [-0.15, -0.1) is 0 Å². The molecule has 0 spiro atoms. The molecule has 0 saturated carbocycles. The van der Waals surface area contributed by atoms with Gasteiger partial charge in [-0.05, 0) is 55.3 Å². The highest BCUT2D eigenvalue weighted by atomic mass is 16.6. The number of carbonyl (C=O) groups excluding carboxylic acids is 1. The average molecular weight is 361 g/mol. The molecule has 0 atom stereocenters. The van der Waals surface area contributed by atoms with Crippen LogP contribution in [0, 0.1) is 18.3 Å². The summed E-state index contributed by atoms with van der Waals surface area (Å²) in [5.41, 5.74) is 4.10. The van der Waals surface area contributed by atoms with Crippen LogP contribution in [0.1, 0.15) is 23.9 Å². The Labute approximate surface area is 157 Å². The van der Waals surface area contributed by atoms with Gasteiger partial charge in [-0.25, -0.2) is 9.78 Å². The number of hydrogen-bond acceptors (Lipinski definition) is 5. The summed E-state index contributed by atoms with van der Waals surface area (Å²) in [6.07, 6.45) is 1.75. The molecule has 27 heavy (non-hydrogen) atoms. The van der Waals surface area contributed by atoms with Crippen LogP contribution in [-0.4, -0.2) is 29.2 Å². The predicted molar refractivity (Wildman–Crippen MR) is 103 cm³/mol. The minimum absolute atomic E-state index is 0.134. The van der Waals surface area contributed by atoms with E-state index in [9.17, 15) is 10.1 Å². The highest BCUT2D eigenvalue weighted by Gasteiger charge is 2.08. The number of imidazole rings is 1. The van der Waals surface area contributed by atoms with Crippen molar-refractivity contribution in [1.29, 1.82) is 5.26 Å². The molecule has 0 amide bonds. The first-order valence-corrected chi connectivity index (χ1v) is 8.56. The molecule has 136 valence electrons. The summed E-state index contributed by atoms with van der Waals surface area (Å²) in [6.45, 7) is 3.94. The molecule has 0 radical (unpaired) electrons. The van der Waals surface area contributed by atoms with Crippen LogP contribution in [0.4, 0.5) is 0 Å². The fourth-order valence-electron chi connectivity index (χ4n) is 2.58. The summed E-state index contributed by atoms with van der Waals surface area (Å²) in [5.74, 6) is 0.673. The number of aromatic amines is 1. The maximum Gasteiger partial charge on any atom is 0.344 e. The molecular weight excluding hydrogens is 342 g/mol. The lowest BCUT2D eigenvalue weighted by Gasteiger charge is -2.05. The molecule has 6 heteroatoms. The summed E-state index contributed by atoms with van der Waals surface area (Å²) in [7, 11) is 0. The Morgan fingerprint density at radius 2 is 2.04 bits per heavy atom. The van der Waals surface area contributed by atoms with Gasteiger partial charge in [0.05, 0.1) is 23.2 Å². The Morgan fingerprint density at radius 3 is 2.74 bits per heavy atom. The minimum atomic E-state index is -0.409. The lowest BCUT2D eigenvalue weighted by atomic mass is 10.1. The van der Waals surface area contributed by atoms with E-state index >= 15 is 0 Å². The van der Waals surface area contributed by atoms with E-state index in [2.05, 4.69) is 16.0 Å². The first kappa shape index (κ1) is 18.2. The van der Waals surface area contributed by atoms with E-state index in [1.165, 1.54) is 0 Å². The van der Waals surface area contributed by atoms with Gasteiger partial charge in [0.25, 0.3) is 0 Å². The summed E-state index contributed by atoms with van der Waals surface area (Å²) < 4.78 is 10.2. The van der Waals surface area contributed by atoms with Crippen molar-refractivity contribution in [2.45, 2.75) is 13.8 Å². The Hall–Kier alpha value is -3.59. The lowest BCUT2D eigenvalue weighted by molar-refractivity contribution is -0.145. The second-order valence-corrected chi connectivity index (χ2v) is 5.94. The van der Waals surface area contributed by atoms with Crippen molar-refractivity contribution in [2.75, 3.05) is 13.2 Å². The smallest absolute Gasteiger partial charge is 0.344 e. The molecule has 1 aromatic heterocycles.